The highest BCUT2D eigenvalue weighted by Crippen LogP contribution is 2.13. The van der Waals surface area contributed by atoms with Gasteiger partial charge in [0.25, 0.3) is 5.91 Å². The molecular weight excluding hydrogens is 323 g/mol. The van der Waals surface area contributed by atoms with Gasteiger partial charge in [0, 0.05) is 11.3 Å². The van der Waals surface area contributed by atoms with Gasteiger partial charge in [0.1, 0.15) is 11.6 Å². The van der Waals surface area contributed by atoms with E-state index < -0.39 is 11.7 Å². The van der Waals surface area contributed by atoms with Gasteiger partial charge >= 0.3 is 0 Å². The fourth-order valence-corrected chi connectivity index (χ4v) is 2.07. The van der Waals surface area contributed by atoms with Gasteiger partial charge in [0.05, 0.1) is 13.2 Å². The summed E-state index contributed by atoms with van der Waals surface area (Å²) >= 11 is 0. The fourth-order valence-electron chi connectivity index (χ4n) is 2.07. The molecule has 0 spiro atoms. The zero-order valence-electron chi connectivity index (χ0n) is 14.0. The van der Waals surface area contributed by atoms with Crippen molar-refractivity contribution in [2.75, 3.05) is 18.5 Å². The predicted octanol–water partition coefficient (Wildman–Crippen LogP) is 3.37. The lowest BCUT2D eigenvalue weighted by molar-refractivity contribution is -0.115. The molecule has 5 nitrogen and oxygen atoms in total. The Bertz CT molecular complexity index is 717. The highest BCUT2D eigenvalue weighted by molar-refractivity contribution is 5.99. The number of carbonyl (C=O) groups excluding carboxylic acids is 2. The molecule has 2 rings (SSSR count). The molecule has 0 heterocycles. The number of amides is 2. The van der Waals surface area contributed by atoms with Crippen LogP contribution in [0.25, 0.3) is 0 Å². The van der Waals surface area contributed by atoms with Crippen LogP contribution in [0.3, 0.4) is 0 Å². The number of ether oxygens (including phenoxy) is 1. The van der Waals surface area contributed by atoms with Crippen LogP contribution in [0.2, 0.25) is 0 Å². The summed E-state index contributed by atoms with van der Waals surface area (Å²) in [6.07, 6.45) is 2.03. The van der Waals surface area contributed by atoms with Gasteiger partial charge in [-0.3, -0.25) is 9.59 Å². The lowest BCUT2D eigenvalue weighted by Crippen LogP contribution is -2.32. The Balaban J connectivity index is 1.80. The SMILES string of the molecule is CCCCOc1ccc(C(=O)NCC(=O)Nc2cccc(F)c2)cc1. The molecule has 0 saturated heterocycles. The highest BCUT2D eigenvalue weighted by Gasteiger charge is 2.09. The first-order chi connectivity index (χ1) is 12.1. The Morgan fingerprint density at radius 1 is 1.12 bits per heavy atom. The molecule has 2 aromatic carbocycles. The van der Waals surface area contributed by atoms with Gasteiger partial charge in [-0.25, -0.2) is 4.39 Å². The van der Waals surface area contributed by atoms with Crippen molar-refractivity contribution in [1.82, 2.24) is 5.32 Å². The van der Waals surface area contributed by atoms with Gasteiger partial charge in [-0.1, -0.05) is 19.4 Å². The molecule has 0 aliphatic heterocycles. The number of nitrogens with one attached hydrogen (secondary N) is 2. The fraction of sp³-hybridized carbons (Fsp3) is 0.263. The van der Waals surface area contributed by atoms with Crippen LogP contribution in [0.1, 0.15) is 30.1 Å². The third kappa shape index (κ3) is 6.25. The molecule has 2 aromatic rings. The van der Waals surface area contributed by atoms with Crippen LogP contribution < -0.4 is 15.4 Å². The van der Waals surface area contributed by atoms with Crippen LogP contribution in [0.5, 0.6) is 5.75 Å². The Labute approximate surface area is 146 Å². The molecule has 0 bridgehead atoms. The summed E-state index contributed by atoms with van der Waals surface area (Å²) in [5, 5.41) is 5.03. The number of halogens is 1. The van der Waals surface area contributed by atoms with Gasteiger partial charge in [-0.15, -0.1) is 0 Å². The average Bonchev–Trinajstić information content (AvgIpc) is 2.60. The first-order valence-electron chi connectivity index (χ1n) is 8.15. The van der Waals surface area contributed by atoms with E-state index in [0.29, 0.717) is 23.6 Å². The minimum atomic E-state index is -0.442. The molecule has 2 amide bonds. The second kappa shape index (κ2) is 9.42. The first-order valence-corrected chi connectivity index (χ1v) is 8.15. The van der Waals surface area contributed by atoms with Crippen molar-refractivity contribution in [1.29, 1.82) is 0 Å². The molecule has 0 fully saturated rings. The summed E-state index contributed by atoms with van der Waals surface area (Å²) in [5.74, 6) is -0.537. The van der Waals surface area contributed by atoms with Crippen LogP contribution in [0, 0.1) is 5.82 Å². The van der Waals surface area contributed by atoms with Crippen molar-refractivity contribution in [3.05, 3.63) is 59.9 Å². The summed E-state index contributed by atoms with van der Waals surface area (Å²) in [5.41, 5.74) is 0.772. The zero-order valence-corrected chi connectivity index (χ0v) is 14.0. The summed E-state index contributed by atoms with van der Waals surface area (Å²) in [7, 11) is 0. The Morgan fingerprint density at radius 2 is 1.88 bits per heavy atom. The summed E-state index contributed by atoms with van der Waals surface area (Å²) in [6, 6.07) is 12.3. The number of hydrogen-bond acceptors (Lipinski definition) is 3. The van der Waals surface area contributed by atoms with E-state index in [1.807, 2.05) is 0 Å². The molecule has 0 unspecified atom stereocenters. The third-order valence-corrected chi connectivity index (χ3v) is 3.40. The second-order valence-electron chi connectivity index (χ2n) is 5.47. The minimum Gasteiger partial charge on any atom is -0.494 e. The molecule has 0 aromatic heterocycles. The second-order valence-corrected chi connectivity index (χ2v) is 5.47. The van der Waals surface area contributed by atoms with Gasteiger partial charge in [0.15, 0.2) is 0 Å². The molecular formula is C19H21FN2O3. The third-order valence-electron chi connectivity index (χ3n) is 3.40. The lowest BCUT2D eigenvalue weighted by Gasteiger charge is -2.08. The van der Waals surface area contributed by atoms with Crippen LogP contribution in [0.4, 0.5) is 10.1 Å². The van der Waals surface area contributed by atoms with Gasteiger partial charge in [-0.2, -0.15) is 0 Å². The molecule has 0 radical (unpaired) electrons. The van der Waals surface area contributed by atoms with E-state index in [2.05, 4.69) is 17.6 Å². The largest absolute Gasteiger partial charge is 0.494 e. The first kappa shape index (κ1) is 18.4. The Hall–Kier alpha value is -2.89. The Kier molecular flexibility index (Phi) is 6.95. The van der Waals surface area contributed by atoms with Gasteiger partial charge < -0.3 is 15.4 Å². The molecule has 132 valence electrons. The molecule has 25 heavy (non-hydrogen) atoms. The van der Waals surface area contributed by atoms with Crippen molar-refractivity contribution in [3.63, 3.8) is 0 Å². The lowest BCUT2D eigenvalue weighted by atomic mass is 10.2. The maximum Gasteiger partial charge on any atom is 0.251 e. The number of hydrogen-bond donors (Lipinski definition) is 2. The normalized spacial score (nSPS) is 10.2. The van der Waals surface area contributed by atoms with Crippen molar-refractivity contribution >= 4 is 17.5 Å². The number of carbonyl (C=O) groups is 2. The van der Waals surface area contributed by atoms with E-state index in [1.54, 1.807) is 30.3 Å². The summed E-state index contributed by atoms with van der Waals surface area (Å²) < 4.78 is 18.6. The van der Waals surface area contributed by atoms with Crippen molar-refractivity contribution in [2.45, 2.75) is 19.8 Å². The number of benzene rings is 2. The average molecular weight is 344 g/mol. The smallest absolute Gasteiger partial charge is 0.251 e. The molecule has 0 aliphatic carbocycles. The van der Waals surface area contributed by atoms with Crippen LogP contribution >= 0.6 is 0 Å². The predicted molar refractivity (Wildman–Crippen MR) is 94.2 cm³/mol. The zero-order chi connectivity index (χ0) is 18.1. The Morgan fingerprint density at radius 3 is 2.56 bits per heavy atom. The number of rotatable bonds is 8. The minimum absolute atomic E-state index is 0.204. The topological polar surface area (TPSA) is 67.4 Å². The van der Waals surface area contributed by atoms with Crippen molar-refractivity contribution < 1.29 is 18.7 Å². The van der Waals surface area contributed by atoms with E-state index >= 15 is 0 Å². The quantitative estimate of drug-likeness (QED) is 0.722. The van der Waals surface area contributed by atoms with E-state index in [1.165, 1.54) is 18.2 Å². The molecule has 2 N–H and O–H groups in total. The monoisotopic (exact) mass is 344 g/mol. The van der Waals surface area contributed by atoms with E-state index in [0.717, 1.165) is 12.8 Å². The van der Waals surface area contributed by atoms with Crippen LogP contribution in [0.15, 0.2) is 48.5 Å². The molecule has 6 heteroatoms. The van der Waals surface area contributed by atoms with E-state index in [9.17, 15) is 14.0 Å². The standard InChI is InChI=1S/C19H21FN2O3/c1-2-3-11-25-17-9-7-14(8-10-17)19(24)21-13-18(23)22-16-6-4-5-15(20)12-16/h4-10,12H,2-3,11,13H2,1H3,(H,21,24)(H,22,23). The van der Waals surface area contributed by atoms with Crippen molar-refractivity contribution in [3.8, 4) is 5.75 Å². The number of unbranched alkanes of at least 4 members (excludes halogenated alkanes) is 1. The van der Waals surface area contributed by atoms with Crippen LogP contribution in [-0.4, -0.2) is 25.0 Å². The summed E-state index contributed by atoms with van der Waals surface area (Å²) in [6.45, 7) is 2.52. The van der Waals surface area contributed by atoms with Crippen LogP contribution in [-0.2, 0) is 4.79 Å². The van der Waals surface area contributed by atoms with E-state index in [-0.39, 0.29) is 12.5 Å². The summed E-state index contributed by atoms with van der Waals surface area (Å²) in [4.78, 5) is 23.8. The maximum atomic E-state index is 13.1. The van der Waals surface area contributed by atoms with Crippen molar-refractivity contribution in [2.24, 2.45) is 0 Å². The van der Waals surface area contributed by atoms with E-state index in [4.69, 9.17) is 4.74 Å². The van der Waals surface area contributed by atoms with Gasteiger partial charge in [-0.05, 0) is 48.9 Å². The molecule has 0 aliphatic rings. The maximum absolute atomic E-state index is 13.1. The van der Waals surface area contributed by atoms with Gasteiger partial charge in [0.2, 0.25) is 5.91 Å². The highest BCUT2D eigenvalue weighted by atomic mass is 19.1. The molecule has 0 atom stereocenters. The number of anilines is 1. The molecule has 0 saturated carbocycles.